The molecule has 1 aromatic carbocycles. The Kier molecular flexibility index (Phi) is 5.28. The van der Waals surface area contributed by atoms with Gasteiger partial charge in [-0.1, -0.05) is 11.6 Å². The number of carbonyl (C=O) groups is 2. The van der Waals surface area contributed by atoms with E-state index < -0.39 is 27.9 Å². The maximum atomic E-state index is 12.8. The van der Waals surface area contributed by atoms with Gasteiger partial charge in [0, 0.05) is 18.1 Å². The third-order valence-corrected chi connectivity index (χ3v) is 5.94. The SMILES string of the molecule is COC(=O)c1ccc(Cl)cc1S(=O)(=O)N1CCC(C(=O)O)CC1. The zero-order valence-corrected chi connectivity index (χ0v) is 13.9. The van der Waals surface area contributed by atoms with Crippen molar-refractivity contribution in [1.82, 2.24) is 4.31 Å². The van der Waals surface area contributed by atoms with Crippen LogP contribution in [0.4, 0.5) is 0 Å². The van der Waals surface area contributed by atoms with Crippen LogP contribution in [-0.2, 0) is 19.6 Å². The number of hydrogen-bond acceptors (Lipinski definition) is 5. The smallest absolute Gasteiger partial charge is 0.339 e. The van der Waals surface area contributed by atoms with Crippen molar-refractivity contribution in [2.24, 2.45) is 5.92 Å². The minimum Gasteiger partial charge on any atom is -0.481 e. The van der Waals surface area contributed by atoms with E-state index in [4.69, 9.17) is 16.7 Å². The molecule has 0 amide bonds. The maximum Gasteiger partial charge on any atom is 0.339 e. The van der Waals surface area contributed by atoms with E-state index in [1.807, 2.05) is 0 Å². The molecule has 9 heteroatoms. The zero-order chi connectivity index (χ0) is 17.2. The van der Waals surface area contributed by atoms with Crippen LogP contribution in [0, 0.1) is 5.92 Å². The van der Waals surface area contributed by atoms with Gasteiger partial charge in [0.05, 0.1) is 23.5 Å². The van der Waals surface area contributed by atoms with Gasteiger partial charge >= 0.3 is 11.9 Å². The summed E-state index contributed by atoms with van der Waals surface area (Å²) in [7, 11) is -2.81. The average Bonchev–Trinajstić information content (AvgIpc) is 2.54. The Morgan fingerprint density at radius 1 is 1.30 bits per heavy atom. The van der Waals surface area contributed by atoms with Crippen molar-refractivity contribution in [3.63, 3.8) is 0 Å². The highest BCUT2D eigenvalue weighted by molar-refractivity contribution is 7.89. The fourth-order valence-corrected chi connectivity index (χ4v) is 4.38. The van der Waals surface area contributed by atoms with E-state index in [2.05, 4.69) is 4.74 Å². The fraction of sp³-hybridized carbons (Fsp3) is 0.429. The van der Waals surface area contributed by atoms with Crippen LogP contribution in [0.2, 0.25) is 5.02 Å². The first kappa shape index (κ1) is 17.7. The van der Waals surface area contributed by atoms with Crippen molar-refractivity contribution in [3.8, 4) is 0 Å². The highest BCUT2D eigenvalue weighted by Gasteiger charge is 2.34. The summed E-state index contributed by atoms with van der Waals surface area (Å²) in [6.45, 7) is 0.152. The van der Waals surface area contributed by atoms with Gasteiger partial charge in [-0.15, -0.1) is 0 Å². The van der Waals surface area contributed by atoms with Gasteiger partial charge in [-0.2, -0.15) is 4.31 Å². The number of carboxylic acid groups (broad SMARTS) is 1. The summed E-state index contributed by atoms with van der Waals surface area (Å²) in [5, 5.41) is 9.16. The van der Waals surface area contributed by atoms with Crippen molar-refractivity contribution in [2.45, 2.75) is 17.7 Å². The van der Waals surface area contributed by atoms with Crippen LogP contribution in [0.1, 0.15) is 23.2 Å². The first-order chi connectivity index (χ1) is 10.8. The van der Waals surface area contributed by atoms with E-state index >= 15 is 0 Å². The van der Waals surface area contributed by atoms with Crippen LogP contribution < -0.4 is 0 Å². The number of halogens is 1. The lowest BCUT2D eigenvalue weighted by Gasteiger charge is -2.29. The van der Waals surface area contributed by atoms with Crippen molar-refractivity contribution >= 4 is 33.6 Å². The minimum atomic E-state index is -3.96. The maximum absolute atomic E-state index is 12.8. The summed E-state index contributed by atoms with van der Waals surface area (Å²) in [4.78, 5) is 22.5. The lowest BCUT2D eigenvalue weighted by Crippen LogP contribution is -2.40. The van der Waals surface area contributed by atoms with Gasteiger partial charge in [-0.3, -0.25) is 4.79 Å². The summed E-state index contributed by atoms with van der Waals surface area (Å²) in [6.07, 6.45) is 0.450. The van der Waals surface area contributed by atoms with E-state index in [0.717, 1.165) is 7.11 Å². The number of nitrogens with zero attached hydrogens (tertiary/aromatic N) is 1. The third-order valence-electron chi connectivity index (χ3n) is 3.77. The van der Waals surface area contributed by atoms with E-state index in [-0.39, 0.29) is 41.4 Å². The van der Waals surface area contributed by atoms with Gasteiger partial charge in [0.2, 0.25) is 10.0 Å². The number of methoxy groups -OCH3 is 1. The molecule has 23 heavy (non-hydrogen) atoms. The molecule has 1 saturated heterocycles. The molecule has 0 unspecified atom stereocenters. The highest BCUT2D eigenvalue weighted by atomic mass is 35.5. The van der Waals surface area contributed by atoms with Crippen LogP contribution >= 0.6 is 11.6 Å². The molecule has 1 aromatic rings. The molecule has 1 N–H and O–H groups in total. The van der Waals surface area contributed by atoms with Crippen molar-refractivity contribution < 1.29 is 27.9 Å². The number of carbonyl (C=O) groups excluding carboxylic acids is 1. The Bertz CT molecular complexity index is 725. The zero-order valence-electron chi connectivity index (χ0n) is 12.4. The summed E-state index contributed by atoms with van der Waals surface area (Å²) in [5.41, 5.74) is -0.0998. The normalized spacial score (nSPS) is 17.0. The van der Waals surface area contributed by atoms with Gasteiger partial charge in [-0.05, 0) is 31.0 Å². The predicted molar refractivity (Wildman–Crippen MR) is 81.9 cm³/mol. The topological polar surface area (TPSA) is 101 Å². The summed E-state index contributed by atoms with van der Waals surface area (Å²) < 4.78 is 31.3. The lowest BCUT2D eigenvalue weighted by molar-refractivity contribution is -0.142. The van der Waals surface area contributed by atoms with Crippen LogP contribution in [0.15, 0.2) is 23.1 Å². The van der Waals surface area contributed by atoms with E-state index in [0.29, 0.717) is 0 Å². The lowest BCUT2D eigenvalue weighted by atomic mass is 9.99. The van der Waals surface area contributed by atoms with Crippen molar-refractivity contribution in [2.75, 3.05) is 20.2 Å². The Morgan fingerprint density at radius 2 is 1.91 bits per heavy atom. The largest absolute Gasteiger partial charge is 0.481 e. The molecule has 2 rings (SSSR count). The van der Waals surface area contributed by atoms with E-state index in [1.54, 1.807) is 0 Å². The Hall–Kier alpha value is -1.64. The molecular formula is C14H16ClNO6S. The molecule has 0 spiro atoms. The minimum absolute atomic E-state index is 0.0758. The summed E-state index contributed by atoms with van der Waals surface area (Å²) >= 11 is 5.86. The van der Waals surface area contributed by atoms with Crippen LogP contribution in [0.5, 0.6) is 0 Å². The molecule has 0 saturated carbocycles. The molecule has 0 bridgehead atoms. The van der Waals surface area contributed by atoms with Crippen LogP contribution in [0.3, 0.4) is 0 Å². The second-order valence-corrected chi connectivity index (χ2v) is 7.49. The quantitative estimate of drug-likeness (QED) is 0.817. The van der Waals surface area contributed by atoms with Crippen molar-refractivity contribution in [1.29, 1.82) is 0 Å². The summed E-state index contributed by atoms with van der Waals surface area (Å²) in [6, 6.07) is 3.90. The summed E-state index contributed by atoms with van der Waals surface area (Å²) in [5.74, 6) is -2.26. The number of rotatable bonds is 4. The molecule has 0 atom stereocenters. The fourth-order valence-electron chi connectivity index (χ4n) is 2.47. The molecule has 0 radical (unpaired) electrons. The molecule has 126 valence electrons. The van der Waals surface area contributed by atoms with Gasteiger partial charge in [0.25, 0.3) is 0 Å². The third kappa shape index (κ3) is 3.65. The van der Waals surface area contributed by atoms with Crippen LogP contribution in [0.25, 0.3) is 0 Å². The van der Waals surface area contributed by atoms with E-state index in [9.17, 15) is 18.0 Å². The molecule has 0 aliphatic carbocycles. The molecule has 0 aromatic heterocycles. The molecule has 1 fully saturated rings. The number of aliphatic carboxylic acids is 1. The van der Waals surface area contributed by atoms with Crippen molar-refractivity contribution in [3.05, 3.63) is 28.8 Å². The molecule has 1 aliphatic rings. The number of esters is 1. The Labute approximate surface area is 138 Å². The van der Waals surface area contributed by atoms with Crippen LogP contribution in [-0.4, -0.2) is 50.0 Å². The number of hydrogen-bond donors (Lipinski definition) is 1. The average molecular weight is 362 g/mol. The second kappa shape index (κ2) is 6.86. The second-order valence-electron chi connectivity index (χ2n) is 5.15. The van der Waals surface area contributed by atoms with Gasteiger partial charge in [0.15, 0.2) is 0 Å². The Morgan fingerprint density at radius 3 is 2.43 bits per heavy atom. The number of sulfonamides is 1. The molecule has 1 heterocycles. The first-order valence-electron chi connectivity index (χ1n) is 6.88. The van der Waals surface area contributed by atoms with Gasteiger partial charge < -0.3 is 9.84 Å². The number of ether oxygens (including phenoxy) is 1. The predicted octanol–water partition coefficient (Wildman–Crippen LogP) is 1.61. The van der Waals surface area contributed by atoms with E-state index in [1.165, 1.54) is 22.5 Å². The molecule has 7 nitrogen and oxygen atoms in total. The molecular weight excluding hydrogens is 346 g/mol. The number of benzene rings is 1. The van der Waals surface area contributed by atoms with Gasteiger partial charge in [-0.25, -0.2) is 13.2 Å². The highest BCUT2D eigenvalue weighted by Crippen LogP contribution is 2.28. The number of carboxylic acids is 1. The van der Waals surface area contributed by atoms with Gasteiger partial charge in [0.1, 0.15) is 0 Å². The first-order valence-corrected chi connectivity index (χ1v) is 8.70. The monoisotopic (exact) mass is 361 g/mol. The standard InChI is InChI=1S/C14H16ClNO6S/c1-22-14(19)11-3-2-10(15)8-12(11)23(20,21)16-6-4-9(5-7-16)13(17)18/h2-3,8-9H,4-7H2,1H3,(H,17,18). The Balaban J connectivity index is 2.35. The number of piperidine rings is 1. The molecule has 1 aliphatic heterocycles.